The second-order valence-electron chi connectivity index (χ2n) is 6.61. The molecule has 4 heterocycles. The number of hydrogen-bond acceptors (Lipinski definition) is 7. The molecule has 3 aromatic heterocycles. The number of thiophene rings is 1. The largest absolute Gasteiger partial charge is 0.454 e. The third-order valence-electron chi connectivity index (χ3n) is 4.62. The van der Waals surface area contributed by atoms with Crippen LogP contribution in [0.4, 0.5) is 5.82 Å². The molecular formula is C21H17N3O3S. The fraction of sp³-hybridized carbons (Fsp3) is 0.143. The van der Waals surface area contributed by atoms with Gasteiger partial charge < -0.3 is 18.9 Å². The van der Waals surface area contributed by atoms with E-state index in [0.29, 0.717) is 5.75 Å². The number of aromatic nitrogens is 2. The van der Waals surface area contributed by atoms with Gasteiger partial charge in [0.05, 0.1) is 5.56 Å². The minimum Gasteiger partial charge on any atom is -0.454 e. The molecule has 0 unspecified atom stereocenters. The van der Waals surface area contributed by atoms with Crippen LogP contribution in [0.15, 0.2) is 57.9 Å². The monoisotopic (exact) mass is 391 g/mol. The summed E-state index contributed by atoms with van der Waals surface area (Å²) in [4.78, 5) is 6.53. The van der Waals surface area contributed by atoms with Crippen molar-refractivity contribution in [2.45, 2.75) is 0 Å². The molecular weight excluding hydrogens is 374 g/mol. The Morgan fingerprint density at radius 1 is 0.964 bits per heavy atom. The summed E-state index contributed by atoms with van der Waals surface area (Å²) in [6.07, 6.45) is 1.86. The molecule has 7 heteroatoms. The Hall–Kier alpha value is -3.32. The highest BCUT2D eigenvalue weighted by molar-refractivity contribution is 7.08. The van der Waals surface area contributed by atoms with Crippen LogP contribution < -0.4 is 14.4 Å². The normalized spacial score (nSPS) is 12.4. The van der Waals surface area contributed by atoms with Crippen molar-refractivity contribution in [1.29, 1.82) is 0 Å². The summed E-state index contributed by atoms with van der Waals surface area (Å²) < 4.78 is 16.7. The minimum absolute atomic E-state index is 0.237. The Labute approximate surface area is 166 Å². The molecule has 0 saturated heterocycles. The highest BCUT2D eigenvalue weighted by Gasteiger charge is 2.23. The number of ether oxygens (including phenoxy) is 2. The van der Waals surface area contributed by atoms with Crippen LogP contribution in [0.1, 0.15) is 0 Å². The predicted octanol–water partition coefficient (Wildman–Crippen LogP) is 4.93. The lowest BCUT2D eigenvalue weighted by molar-refractivity contribution is 0.174. The predicted molar refractivity (Wildman–Crippen MR) is 109 cm³/mol. The van der Waals surface area contributed by atoms with Crippen LogP contribution in [0, 0.1) is 0 Å². The van der Waals surface area contributed by atoms with Gasteiger partial charge in [0, 0.05) is 42.4 Å². The third-order valence-corrected chi connectivity index (χ3v) is 5.30. The fourth-order valence-electron chi connectivity index (χ4n) is 3.19. The van der Waals surface area contributed by atoms with Gasteiger partial charge in [0.15, 0.2) is 17.3 Å². The Morgan fingerprint density at radius 3 is 2.57 bits per heavy atom. The molecule has 0 spiro atoms. The van der Waals surface area contributed by atoms with Crippen molar-refractivity contribution in [3.63, 3.8) is 0 Å². The summed E-state index contributed by atoms with van der Waals surface area (Å²) in [7, 11) is 3.94. The number of hydrogen-bond donors (Lipinski definition) is 0. The maximum atomic E-state index is 5.79. The van der Waals surface area contributed by atoms with Crippen molar-refractivity contribution < 1.29 is 14.0 Å². The number of nitrogens with zero attached hydrogens (tertiary/aromatic N) is 3. The lowest BCUT2D eigenvalue weighted by Gasteiger charge is -2.11. The molecule has 1 aliphatic heterocycles. The zero-order valence-electron chi connectivity index (χ0n) is 15.4. The Bertz CT molecular complexity index is 1120. The zero-order chi connectivity index (χ0) is 19.1. The van der Waals surface area contributed by atoms with E-state index in [2.05, 4.69) is 15.5 Å². The van der Waals surface area contributed by atoms with E-state index in [1.807, 2.05) is 67.0 Å². The van der Waals surface area contributed by atoms with Crippen molar-refractivity contribution in [2.75, 3.05) is 25.8 Å². The van der Waals surface area contributed by atoms with Gasteiger partial charge in [-0.2, -0.15) is 11.3 Å². The van der Waals surface area contributed by atoms with Gasteiger partial charge in [-0.25, -0.2) is 4.98 Å². The summed E-state index contributed by atoms with van der Waals surface area (Å²) in [5.74, 6) is 3.07. The molecule has 28 heavy (non-hydrogen) atoms. The van der Waals surface area contributed by atoms with Crippen LogP contribution in [0.2, 0.25) is 0 Å². The highest BCUT2D eigenvalue weighted by Crippen LogP contribution is 2.43. The minimum atomic E-state index is 0.237. The van der Waals surface area contributed by atoms with Crippen molar-refractivity contribution >= 4 is 17.2 Å². The van der Waals surface area contributed by atoms with E-state index in [4.69, 9.17) is 14.0 Å². The molecule has 0 fully saturated rings. The van der Waals surface area contributed by atoms with Crippen molar-refractivity contribution in [1.82, 2.24) is 10.1 Å². The fourth-order valence-corrected chi connectivity index (χ4v) is 3.82. The van der Waals surface area contributed by atoms with Crippen molar-refractivity contribution in [3.05, 3.63) is 53.4 Å². The molecule has 140 valence electrons. The molecule has 0 bridgehead atoms. The van der Waals surface area contributed by atoms with Crippen LogP contribution in [0.25, 0.3) is 33.7 Å². The third kappa shape index (κ3) is 2.80. The number of anilines is 1. The molecule has 4 aromatic rings. The second-order valence-corrected chi connectivity index (χ2v) is 7.39. The maximum absolute atomic E-state index is 5.79. The summed E-state index contributed by atoms with van der Waals surface area (Å²) in [6.45, 7) is 0.237. The molecule has 0 radical (unpaired) electrons. The SMILES string of the molecule is CN(C)c1ccc(-c2c(-c3ccc4c(c3)OCO4)noc2-c2ccsc2)cn1. The zero-order valence-corrected chi connectivity index (χ0v) is 16.2. The first-order valence-corrected chi connectivity index (χ1v) is 9.71. The van der Waals surface area contributed by atoms with Crippen LogP contribution >= 0.6 is 11.3 Å². The molecule has 1 aliphatic rings. The van der Waals surface area contributed by atoms with E-state index in [9.17, 15) is 0 Å². The highest BCUT2D eigenvalue weighted by atomic mass is 32.1. The van der Waals surface area contributed by atoms with Gasteiger partial charge in [-0.1, -0.05) is 5.16 Å². The topological polar surface area (TPSA) is 60.6 Å². The van der Waals surface area contributed by atoms with E-state index in [1.165, 1.54) is 0 Å². The smallest absolute Gasteiger partial charge is 0.231 e. The van der Waals surface area contributed by atoms with E-state index < -0.39 is 0 Å². The van der Waals surface area contributed by atoms with Crippen LogP contribution in [-0.4, -0.2) is 31.0 Å². The van der Waals surface area contributed by atoms with E-state index >= 15 is 0 Å². The maximum Gasteiger partial charge on any atom is 0.231 e. The van der Waals surface area contributed by atoms with Crippen molar-refractivity contribution in [2.24, 2.45) is 0 Å². The summed E-state index contributed by atoms with van der Waals surface area (Å²) in [5.41, 5.74) is 4.51. The van der Waals surface area contributed by atoms with Gasteiger partial charge >= 0.3 is 0 Å². The summed E-state index contributed by atoms with van der Waals surface area (Å²) in [5, 5.41) is 8.47. The quantitative estimate of drug-likeness (QED) is 0.492. The van der Waals surface area contributed by atoms with E-state index in [0.717, 1.165) is 45.3 Å². The Balaban J connectivity index is 1.68. The van der Waals surface area contributed by atoms with Crippen LogP contribution in [-0.2, 0) is 0 Å². The van der Waals surface area contributed by atoms with E-state index in [-0.39, 0.29) is 6.79 Å². The first kappa shape index (κ1) is 16.8. The average Bonchev–Trinajstić information content (AvgIpc) is 3.46. The number of pyridine rings is 1. The number of fused-ring (bicyclic) bond motifs is 1. The van der Waals surface area contributed by atoms with Gasteiger partial charge in [0.2, 0.25) is 6.79 Å². The average molecular weight is 391 g/mol. The van der Waals surface area contributed by atoms with Crippen LogP contribution in [0.3, 0.4) is 0 Å². The van der Waals surface area contributed by atoms with E-state index in [1.54, 1.807) is 11.3 Å². The van der Waals surface area contributed by atoms with Gasteiger partial charge in [0.25, 0.3) is 0 Å². The molecule has 0 amide bonds. The molecule has 0 aliphatic carbocycles. The Kier molecular flexibility index (Phi) is 4.02. The van der Waals surface area contributed by atoms with Gasteiger partial charge in [0.1, 0.15) is 11.5 Å². The molecule has 0 saturated carbocycles. The van der Waals surface area contributed by atoms with Gasteiger partial charge in [-0.3, -0.25) is 0 Å². The molecule has 6 nitrogen and oxygen atoms in total. The number of rotatable bonds is 4. The summed E-state index contributed by atoms with van der Waals surface area (Å²) in [6, 6.07) is 11.9. The standard InChI is InChI=1S/C21H17N3O3S/c1-24(2)18-6-4-14(10-22-18)19-20(23-27-21(19)15-7-8-28-11-15)13-3-5-16-17(9-13)26-12-25-16/h3-11H,12H2,1-2H3. The molecule has 5 rings (SSSR count). The molecule has 1 aromatic carbocycles. The lowest BCUT2D eigenvalue weighted by atomic mass is 9.98. The second kappa shape index (κ2) is 6.69. The summed E-state index contributed by atoms with van der Waals surface area (Å²) >= 11 is 1.62. The molecule has 0 atom stereocenters. The number of benzene rings is 1. The van der Waals surface area contributed by atoms with Crippen molar-refractivity contribution in [3.8, 4) is 45.2 Å². The van der Waals surface area contributed by atoms with Gasteiger partial charge in [-0.15, -0.1) is 0 Å². The van der Waals surface area contributed by atoms with Gasteiger partial charge in [-0.05, 0) is 41.8 Å². The molecule has 0 N–H and O–H groups in total. The lowest BCUT2D eigenvalue weighted by Crippen LogP contribution is -2.10. The Morgan fingerprint density at radius 2 is 1.82 bits per heavy atom. The first-order valence-electron chi connectivity index (χ1n) is 8.77. The van der Waals surface area contributed by atoms with Crippen LogP contribution in [0.5, 0.6) is 11.5 Å². The first-order chi connectivity index (χ1) is 13.7.